The summed E-state index contributed by atoms with van der Waals surface area (Å²) in [4.78, 5) is 72.6. The van der Waals surface area contributed by atoms with E-state index >= 15 is 0 Å². The number of carbonyl (C=O) groups excluding carboxylic acids is 4. The highest BCUT2D eigenvalue weighted by Gasteiger charge is 2.30. The van der Waals surface area contributed by atoms with Gasteiger partial charge in [-0.2, -0.15) is 0 Å². The Hall–Kier alpha value is -2.46. The Bertz CT molecular complexity index is 1900. The zero-order chi connectivity index (χ0) is 68.0. The maximum absolute atomic E-state index is 13.0. The number of phosphoric acid groups is 2. The summed E-state index contributed by atoms with van der Waals surface area (Å²) in [6, 6.07) is 0. The van der Waals surface area contributed by atoms with E-state index in [-0.39, 0.29) is 25.7 Å². The van der Waals surface area contributed by atoms with Crippen LogP contribution in [0.4, 0.5) is 0 Å². The van der Waals surface area contributed by atoms with E-state index in [2.05, 4.69) is 72.8 Å². The molecule has 0 aliphatic rings. The zero-order valence-corrected chi connectivity index (χ0v) is 61.3. The molecule has 0 fully saturated rings. The van der Waals surface area contributed by atoms with Crippen molar-refractivity contribution in [3.63, 3.8) is 0 Å². The van der Waals surface area contributed by atoms with Crippen molar-refractivity contribution < 1.29 is 80.2 Å². The summed E-state index contributed by atoms with van der Waals surface area (Å²) in [5.74, 6) is 0.0784. The molecule has 0 bridgehead atoms. The number of unbranched alkanes of at least 4 members (excludes halogenated alkanes) is 33. The van der Waals surface area contributed by atoms with Gasteiger partial charge in [-0.3, -0.25) is 37.3 Å². The third kappa shape index (κ3) is 64.9. The number of esters is 4. The van der Waals surface area contributed by atoms with Gasteiger partial charge in [-0.1, -0.05) is 291 Å². The van der Waals surface area contributed by atoms with E-state index < -0.39 is 97.5 Å². The molecular weight excluding hydrogens is 1210 g/mol. The van der Waals surface area contributed by atoms with Gasteiger partial charge in [0.1, 0.15) is 19.3 Å². The summed E-state index contributed by atoms with van der Waals surface area (Å²) in [6.07, 6.45) is 50.9. The number of hydrogen-bond donors (Lipinski definition) is 3. The lowest BCUT2D eigenvalue weighted by atomic mass is 9.99. The largest absolute Gasteiger partial charge is 0.472 e. The van der Waals surface area contributed by atoms with Crippen LogP contribution < -0.4 is 0 Å². The van der Waals surface area contributed by atoms with E-state index in [9.17, 15) is 43.2 Å². The number of carbonyl (C=O) groups is 4. The van der Waals surface area contributed by atoms with E-state index in [1.807, 2.05) is 0 Å². The van der Waals surface area contributed by atoms with Crippen LogP contribution >= 0.6 is 15.6 Å². The first-order valence-electron chi connectivity index (χ1n) is 37.2. The molecule has 542 valence electrons. The minimum Gasteiger partial charge on any atom is -0.462 e. The van der Waals surface area contributed by atoms with Crippen LogP contribution in [0.1, 0.15) is 344 Å². The lowest BCUT2D eigenvalue weighted by Gasteiger charge is -2.21. The number of aliphatic hydroxyl groups is 1. The topological polar surface area (TPSA) is 237 Å². The van der Waals surface area contributed by atoms with Crippen LogP contribution in [0, 0.1) is 17.8 Å². The van der Waals surface area contributed by atoms with Crippen molar-refractivity contribution in [2.75, 3.05) is 39.6 Å². The fourth-order valence-electron chi connectivity index (χ4n) is 10.5. The number of rotatable bonds is 69. The molecule has 0 rings (SSSR count). The molecule has 0 saturated carbocycles. The Balaban J connectivity index is 5.28. The molecule has 0 aromatic heterocycles. The van der Waals surface area contributed by atoms with Gasteiger partial charge in [0, 0.05) is 25.7 Å². The van der Waals surface area contributed by atoms with Gasteiger partial charge < -0.3 is 33.8 Å². The van der Waals surface area contributed by atoms with Gasteiger partial charge in [0.05, 0.1) is 26.4 Å². The monoisotopic (exact) mass is 1350 g/mol. The average molecular weight is 1350 g/mol. The Kier molecular flexibility index (Phi) is 61.6. The maximum atomic E-state index is 13.0. The second-order valence-corrected chi connectivity index (χ2v) is 29.7. The second-order valence-electron chi connectivity index (χ2n) is 26.8. The molecule has 19 heteroatoms. The lowest BCUT2D eigenvalue weighted by Crippen LogP contribution is -2.30. The molecule has 0 heterocycles. The molecule has 0 radical (unpaired) electrons. The van der Waals surface area contributed by atoms with Crippen molar-refractivity contribution in [3.8, 4) is 0 Å². The number of allylic oxidation sites excluding steroid dienone is 4. The molecule has 0 amide bonds. The van der Waals surface area contributed by atoms with Gasteiger partial charge >= 0.3 is 39.5 Å². The predicted molar refractivity (Wildman–Crippen MR) is 372 cm³/mol. The molecule has 0 aromatic carbocycles. The summed E-state index contributed by atoms with van der Waals surface area (Å²) in [7, 11) is -9.92. The first-order valence-corrected chi connectivity index (χ1v) is 40.2. The first-order chi connectivity index (χ1) is 44.3. The van der Waals surface area contributed by atoms with Crippen LogP contribution in [0.15, 0.2) is 24.3 Å². The molecule has 0 aliphatic heterocycles. The summed E-state index contributed by atoms with van der Waals surface area (Å²) < 4.78 is 68.3. The Morgan fingerprint density at radius 1 is 0.359 bits per heavy atom. The highest BCUT2D eigenvalue weighted by molar-refractivity contribution is 7.47. The molecule has 3 unspecified atom stereocenters. The minimum absolute atomic E-state index is 0.0846. The Morgan fingerprint density at radius 3 is 0.967 bits per heavy atom. The molecule has 0 saturated heterocycles. The lowest BCUT2D eigenvalue weighted by molar-refractivity contribution is -0.161. The Labute approximate surface area is 561 Å². The van der Waals surface area contributed by atoms with Crippen LogP contribution in [0.3, 0.4) is 0 Å². The molecule has 6 atom stereocenters. The smallest absolute Gasteiger partial charge is 0.462 e. The summed E-state index contributed by atoms with van der Waals surface area (Å²) in [6.45, 7) is 11.7. The van der Waals surface area contributed by atoms with Crippen molar-refractivity contribution in [1.29, 1.82) is 0 Å². The van der Waals surface area contributed by atoms with Crippen molar-refractivity contribution in [2.24, 2.45) is 17.8 Å². The highest BCUT2D eigenvalue weighted by atomic mass is 31.2. The minimum atomic E-state index is -4.96. The standard InChI is InChI=1S/C73H138O17P2/c1-8-10-11-12-13-14-15-16-17-20-24-27-33-42-49-56-72(77)89-68(60-83-70(75)54-47-40-32-26-23-21-18-19-22-25-30-37-44-51-64(3)4)62-87-91(79,80)85-58-67(74)59-86-92(81,82)88-63-69(61-84-71(76)55-48-41-36-35-38-45-52-65(5)6)90-73(78)57-50-43-34-29-28-31-39-46-53-66(7)9-2/h14-17,64-69,74H,8-13,18-63H2,1-7H3,(H,79,80)(H,81,82)/b15-14-,17-16-/t66?,67-,68-,69-/m1/s1. The first kappa shape index (κ1) is 89.5. The quantitative estimate of drug-likeness (QED) is 0.0169. The third-order valence-electron chi connectivity index (χ3n) is 16.6. The number of hydrogen-bond acceptors (Lipinski definition) is 15. The van der Waals surface area contributed by atoms with Crippen molar-refractivity contribution in [3.05, 3.63) is 24.3 Å². The van der Waals surface area contributed by atoms with Crippen LogP contribution in [0.5, 0.6) is 0 Å². The molecular formula is C73H138O17P2. The number of phosphoric ester groups is 2. The van der Waals surface area contributed by atoms with Crippen LogP contribution in [-0.4, -0.2) is 96.7 Å². The van der Waals surface area contributed by atoms with Gasteiger partial charge in [0.15, 0.2) is 12.2 Å². The normalized spacial score (nSPS) is 14.6. The summed E-state index contributed by atoms with van der Waals surface area (Å²) in [5.41, 5.74) is 0. The van der Waals surface area contributed by atoms with E-state index in [0.717, 1.165) is 121 Å². The van der Waals surface area contributed by atoms with Gasteiger partial charge in [-0.05, 0) is 69.1 Å². The van der Waals surface area contributed by atoms with Gasteiger partial charge in [-0.15, -0.1) is 0 Å². The third-order valence-corrected chi connectivity index (χ3v) is 18.5. The molecule has 0 aliphatic carbocycles. The van der Waals surface area contributed by atoms with Crippen LogP contribution in [0.25, 0.3) is 0 Å². The Morgan fingerprint density at radius 2 is 0.641 bits per heavy atom. The van der Waals surface area contributed by atoms with Crippen LogP contribution in [0.2, 0.25) is 0 Å². The zero-order valence-electron chi connectivity index (χ0n) is 59.5. The maximum Gasteiger partial charge on any atom is 0.472 e. The van der Waals surface area contributed by atoms with Gasteiger partial charge in [0.25, 0.3) is 0 Å². The van der Waals surface area contributed by atoms with Crippen molar-refractivity contribution in [2.45, 2.75) is 362 Å². The average Bonchev–Trinajstić information content (AvgIpc) is 2.43. The molecule has 3 N–H and O–H groups in total. The second kappa shape index (κ2) is 63.3. The number of aliphatic hydroxyl groups excluding tert-OH is 1. The molecule has 0 spiro atoms. The van der Waals surface area contributed by atoms with Gasteiger partial charge in [0.2, 0.25) is 0 Å². The van der Waals surface area contributed by atoms with E-state index in [1.54, 1.807) is 0 Å². The van der Waals surface area contributed by atoms with Crippen LogP contribution in [-0.2, 0) is 65.4 Å². The van der Waals surface area contributed by atoms with Gasteiger partial charge in [-0.25, -0.2) is 9.13 Å². The SMILES string of the molecule is CCCCCC/C=C\C=C/CCCCCCCC(=O)O[C@H](COC(=O)CCCCCCCCCCCCCCCC(C)C)COP(=O)(O)OC[C@@H](O)COP(=O)(O)OC[C@@H](COC(=O)CCCCCCCCC(C)C)OC(=O)CCCCCCCCCCC(C)CC. The van der Waals surface area contributed by atoms with E-state index in [4.69, 9.17) is 37.0 Å². The summed E-state index contributed by atoms with van der Waals surface area (Å²) in [5, 5.41) is 10.6. The molecule has 92 heavy (non-hydrogen) atoms. The van der Waals surface area contributed by atoms with Crippen molar-refractivity contribution >= 4 is 39.5 Å². The highest BCUT2D eigenvalue weighted by Crippen LogP contribution is 2.45. The van der Waals surface area contributed by atoms with Crippen molar-refractivity contribution in [1.82, 2.24) is 0 Å². The molecule has 17 nitrogen and oxygen atoms in total. The fourth-order valence-corrected chi connectivity index (χ4v) is 12.1. The predicted octanol–water partition coefficient (Wildman–Crippen LogP) is 20.6. The fraction of sp³-hybridized carbons (Fsp3) is 0.890. The van der Waals surface area contributed by atoms with E-state index in [0.29, 0.717) is 31.6 Å². The summed E-state index contributed by atoms with van der Waals surface area (Å²) >= 11 is 0. The molecule has 0 aromatic rings. The number of ether oxygens (including phenoxy) is 4. The van der Waals surface area contributed by atoms with E-state index in [1.165, 1.54) is 135 Å².